The molecule has 0 saturated carbocycles. The minimum atomic E-state index is 0.0537. The molecule has 0 bridgehead atoms. The molecule has 3 heterocycles. The molecule has 0 aliphatic carbocycles. The number of fused-ring (bicyclic) bond motifs is 2. The lowest BCUT2D eigenvalue weighted by atomic mass is 10.1. The van der Waals surface area contributed by atoms with Gasteiger partial charge in [-0.1, -0.05) is 6.07 Å². The second kappa shape index (κ2) is 5.47. The lowest BCUT2D eigenvalue weighted by Crippen LogP contribution is -2.17. The number of aromatic amines is 1. The Kier molecular flexibility index (Phi) is 3.38. The highest BCUT2D eigenvalue weighted by molar-refractivity contribution is 5.99. The molecule has 1 aromatic carbocycles. The van der Waals surface area contributed by atoms with Crippen molar-refractivity contribution >= 4 is 34.4 Å². The van der Waals surface area contributed by atoms with E-state index >= 15 is 0 Å². The predicted molar refractivity (Wildman–Crippen MR) is 98.5 cm³/mol. The van der Waals surface area contributed by atoms with Crippen LogP contribution in [0.1, 0.15) is 21.6 Å². The average Bonchev–Trinajstić information content (AvgIpc) is 3.07. The molecule has 0 spiro atoms. The third kappa shape index (κ3) is 2.57. The normalized spacial score (nSPS) is 13.4. The molecule has 7 heteroatoms. The number of H-pyrrole nitrogens is 1. The fraction of sp³-hybridized carbons (Fsp3) is 0.278. The van der Waals surface area contributed by atoms with Gasteiger partial charge < -0.3 is 20.1 Å². The molecule has 7 nitrogen and oxygen atoms in total. The Labute approximate surface area is 145 Å². The van der Waals surface area contributed by atoms with Crippen molar-refractivity contribution in [3.8, 4) is 0 Å². The van der Waals surface area contributed by atoms with E-state index in [4.69, 9.17) is 0 Å². The van der Waals surface area contributed by atoms with Gasteiger partial charge in [-0.05, 0) is 30.7 Å². The second-order valence-electron chi connectivity index (χ2n) is 6.64. The minimum absolute atomic E-state index is 0.0537. The summed E-state index contributed by atoms with van der Waals surface area (Å²) in [6, 6.07) is 7.88. The van der Waals surface area contributed by atoms with E-state index in [1.807, 2.05) is 57.2 Å². The molecule has 0 saturated heterocycles. The fourth-order valence-electron chi connectivity index (χ4n) is 3.09. The average molecular weight is 336 g/mol. The molecule has 2 N–H and O–H groups in total. The Hall–Kier alpha value is -3.09. The Morgan fingerprint density at radius 3 is 2.80 bits per heavy atom. The van der Waals surface area contributed by atoms with Crippen LogP contribution < -0.4 is 10.2 Å². The molecule has 0 atom stereocenters. The lowest BCUT2D eigenvalue weighted by Gasteiger charge is -2.13. The van der Waals surface area contributed by atoms with Crippen LogP contribution in [-0.2, 0) is 6.54 Å². The van der Waals surface area contributed by atoms with Crippen molar-refractivity contribution in [3.05, 3.63) is 41.1 Å². The summed E-state index contributed by atoms with van der Waals surface area (Å²) in [7, 11) is 5.63. The predicted octanol–water partition coefficient (Wildman–Crippen LogP) is 2.66. The van der Waals surface area contributed by atoms with Crippen LogP contribution in [0.4, 0.5) is 17.5 Å². The highest BCUT2D eigenvalue weighted by Gasteiger charge is 2.24. The Balaban J connectivity index is 1.77. The molecule has 3 aromatic rings. The number of carbonyl (C=O) groups is 1. The molecule has 0 fully saturated rings. The number of aromatic nitrogens is 3. The first-order valence-corrected chi connectivity index (χ1v) is 8.12. The molecular weight excluding hydrogens is 316 g/mol. The van der Waals surface area contributed by atoms with Gasteiger partial charge in [-0.15, -0.1) is 0 Å². The molecule has 2 aromatic heterocycles. The summed E-state index contributed by atoms with van der Waals surface area (Å²) in [4.78, 5) is 28.2. The number of hydrogen-bond donors (Lipinski definition) is 2. The summed E-state index contributed by atoms with van der Waals surface area (Å²) < 4.78 is 0. The quantitative estimate of drug-likeness (QED) is 0.769. The molecule has 1 aliphatic heterocycles. The SMILES string of the molecule is Cc1cc2c(Nc3ccc4c(c3)C(=O)N(C)C4)nc(N(C)C)nc2[nH]1. The van der Waals surface area contributed by atoms with Gasteiger partial charge in [0.15, 0.2) is 0 Å². The van der Waals surface area contributed by atoms with E-state index in [2.05, 4.69) is 20.3 Å². The van der Waals surface area contributed by atoms with E-state index in [-0.39, 0.29) is 5.91 Å². The van der Waals surface area contributed by atoms with Crippen LogP contribution in [0.2, 0.25) is 0 Å². The maximum absolute atomic E-state index is 12.2. The van der Waals surface area contributed by atoms with E-state index in [0.29, 0.717) is 12.5 Å². The van der Waals surface area contributed by atoms with Crippen LogP contribution >= 0.6 is 0 Å². The fourth-order valence-corrected chi connectivity index (χ4v) is 3.09. The lowest BCUT2D eigenvalue weighted by molar-refractivity contribution is 0.0816. The van der Waals surface area contributed by atoms with Crippen molar-refractivity contribution in [3.63, 3.8) is 0 Å². The van der Waals surface area contributed by atoms with Gasteiger partial charge in [-0.25, -0.2) is 0 Å². The highest BCUT2D eigenvalue weighted by Crippen LogP contribution is 2.29. The minimum Gasteiger partial charge on any atom is -0.347 e. The van der Waals surface area contributed by atoms with Crippen molar-refractivity contribution in [1.82, 2.24) is 19.9 Å². The van der Waals surface area contributed by atoms with E-state index < -0.39 is 0 Å². The van der Waals surface area contributed by atoms with E-state index in [1.54, 1.807) is 4.90 Å². The molecular formula is C18H20N6O. The summed E-state index contributed by atoms with van der Waals surface area (Å²) in [5, 5.41) is 4.28. The monoisotopic (exact) mass is 336 g/mol. The first-order chi connectivity index (χ1) is 11.9. The standard InChI is InChI=1S/C18H20N6O/c1-10-7-14-15(19-10)21-18(23(2)3)22-16(14)20-12-6-5-11-9-24(4)17(25)13(11)8-12/h5-8H,9H2,1-4H3,(H2,19,20,21,22). The van der Waals surface area contributed by atoms with Gasteiger partial charge >= 0.3 is 0 Å². The van der Waals surface area contributed by atoms with Gasteiger partial charge in [0.05, 0.1) is 5.39 Å². The van der Waals surface area contributed by atoms with Crippen LogP contribution in [0.15, 0.2) is 24.3 Å². The number of benzene rings is 1. The van der Waals surface area contributed by atoms with Crippen molar-refractivity contribution in [2.24, 2.45) is 0 Å². The van der Waals surface area contributed by atoms with Crippen LogP contribution in [-0.4, -0.2) is 46.9 Å². The van der Waals surface area contributed by atoms with Gasteiger partial charge in [0.25, 0.3) is 5.91 Å². The topological polar surface area (TPSA) is 77.2 Å². The Bertz CT molecular complexity index is 991. The van der Waals surface area contributed by atoms with Crippen LogP contribution in [0.5, 0.6) is 0 Å². The van der Waals surface area contributed by atoms with Crippen LogP contribution in [0.3, 0.4) is 0 Å². The maximum atomic E-state index is 12.2. The maximum Gasteiger partial charge on any atom is 0.254 e. The number of anilines is 3. The zero-order valence-electron chi connectivity index (χ0n) is 14.7. The third-order valence-electron chi connectivity index (χ3n) is 4.37. The summed E-state index contributed by atoms with van der Waals surface area (Å²) in [5.41, 5.74) is 4.45. The third-order valence-corrected chi connectivity index (χ3v) is 4.37. The van der Waals surface area contributed by atoms with E-state index in [1.165, 1.54) is 0 Å². The van der Waals surface area contributed by atoms with Gasteiger partial charge in [0.2, 0.25) is 5.95 Å². The summed E-state index contributed by atoms with van der Waals surface area (Å²) >= 11 is 0. The zero-order chi connectivity index (χ0) is 17.7. The Morgan fingerprint density at radius 1 is 1.24 bits per heavy atom. The molecule has 0 unspecified atom stereocenters. The number of carbonyl (C=O) groups excluding carboxylic acids is 1. The molecule has 0 radical (unpaired) electrons. The van der Waals surface area contributed by atoms with Gasteiger partial charge in [0.1, 0.15) is 11.5 Å². The van der Waals surface area contributed by atoms with Crippen molar-refractivity contribution < 1.29 is 4.79 Å². The number of nitrogens with one attached hydrogen (secondary N) is 2. The van der Waals surface area contributed by atoms with Gasteiger partial charge in [-0.3, -0.25) is 4.79 Å². The highest BCUT2D eigenvalue weighted by atomic mass is 16.2. The molecule has 1 aliphatic rings. The molecule has 4 rings (SSSR count). The second-order valence-corrected chi connectivity index (χ2v) is 6.64. The Morgan fingerprint density at radius 2 is 2.04 bits per heavy atom. The summed E-state index contributed by atoms with van der Waals surface area (Å²) in [6.45, 7) is 2.65. The molecule has 1 amide bonds. The summed E-state index contributed by atoms with van der Waals surface area (Å²) in [6.07, 6.45) is 0. The number of hydrogen-bond acceptors (Lipinski definition) is 5. The smallest absolute Gasteiger partial charge is 0.254 e. The number of nitrogens with zero attached hydrogens (tertiary/aromatic N) is 4. The molecule has 25 heavy (non-hydrogen) atoms. The van der Waals surface area contributed by atoms with Crippen LogP contribution in [0, 0.1) is 6.92 Å². The molecule has 128 valence electrons. The number of rotatable bonds is 3. The van der Waals surface area contributed by atoms with Crippen molar-refractivity contribution in [2.45, 2.75) is 13.5 Å². The number of amides is 1. The van der Waals surface area contributed by atoms with Gasteiger partial charge in [0, 0.05) is 44.6 Å². The first-order valence-electron chi connectivity index (χ1n) is 8.12. The zero-order valence-corrected chi connectivity index (χ0v) is 14.7. The first kappa shape index (κ1) is 15.4. The van der Waals surface area contributed by atoms with Crippen molar-refractivity contribution in [2.75, 3.05) is 31.4 Å². The largest absolute Gasteiger partial charge is 0.347 e. The van der Waals surface area contributed by atoms with E-state index in [9.17, 15) is 4.79 Å². The van der Waals surface area contributed by atoms with Gasteiger partial charge in [-0.2, -0.15) is 9.97 Å². The van der Waals surface area contributed by atoms with E-state index in [0.717, 1.165) is 39.4 Å². The number of aryl methyl sites for hydroxylation is 1. The summed E-state index contributed by atoms with van der Waals surface area (Å²) in [5.74, 6) is 1.39. The van der Waals surface area contributed by atoms with Crippen LogP contribution in [0.25, 0.3) is 11.0 Å². The van der Waals surface area contributed by atoms with Crippen molar-refractivity contribution in [1.29, 1.82) is 0 Å².